The van der Waals surface area contributed by atoms with E-state index in [0.29, 0.717) is 5.69 Å². The fraction of sp³-hybridized carbons (Fsp3) is 0.154. The van der Waals surface area contributed by atoms with E-state index in [1.54, 1.807) is 6.20 Å². The van der Waals surface area contributed by atoms with Gasteiger partial charge in [-0.1, -0.05) is 29.1 Å². The van der Waals surface area contributed by atoms with Crippen molar-refractivity contribution in [2.45, 2.75) is 23.8 Å². The average Bonchev–Trinajstić information content (AvgIpc) is 2.43. The van der Waals surface area contributed by atoms with Crippen LogP contribution in [-0.2, 0) is 0 Å². The maximum absolute atomic E-state index is 8.55. The summed E-state index contributed by atoms with van der Waals surface area (Å²) in [5, 5.41) is 12.2. The molecule has 0 aliphatic heterocycles. The Morgan fingerprint density at radius 3 is 2.68 bits per heavy atom. The van der Waals surface area contributed by atoms with Gasteiger partial charge >= 0.3 is 0 Å². The van der Waals surface area contributed by atoms with Gasteiger partial charge in [0, 0.05) is 4.90 Å². The molecule has 0 saturated carbocycles. The summed E-state index contributed by atoms with van der Waals surface area (Å²) in [5.41, 5.74) is 8.18. The third kappa shape index (κ3) is 3.23. The molecule has 0 atom stereocenters. The van der Waals surface area contributed by atoms with Crippen LogP contribution in [0.1, 0.15) is 16.8 Å². The molecular weight excluding hydrogens is 260 g/mol. The van der Waals surface area contributed by atoms with Gasteiger partial charge in [0.15, 0.2) is 5.84 Å². The topological polar surface area (TPSA) is 84.4 Å². The van der Waals surface area contributed by atoms with E-state index in [2.05, 4.69) is 47.2 Å². The van der Waals surface area contributed by atoms with Crippen molar-refractivity contribution in [3.05, 3.63) is 47.4 Å². The zero-order valence-corrected chi connectivity index (χ0v) is 11.5. The van der Waals surface area contributed by atoms with Gasteiger partial charge in [0.05, 0.1) is 12.4 Å². The molecule has 3 N–H and O–H groups in total. The van der Waals surface area contributed by atoms with Crippen LogP contribution in [0, 0.1) is 13.8 Å². The van der Waals surface area contributed by atoms with Crippen molar-refractivity contribution in [2.24, 2.45) is 10.9 Å². The minimum atomic E-state index is -0.0456. The van der Waals surface area contributed by atoms with Crippen LogP contribution < -0.4 is 5.73 Å². The first kappa shape index (κ1) is 13.4. The smallest absolute Gasteiger partial charge is 0.190 e. The third-order valence-corrected chi connectivity index (χ3v) is 3.64. The Morgan fingerprint density at radius 2 is 2.05 bits per heavy atom. The SMILES string of the molecule is Cc1ccc(C)c(Sc2cnc(C(N)=NO)cn2)c1. The molecule has 1 heterocycles. The largest absolute Gasteiger partial charge is 0.409 e. The molecule has 1 aromatic heterocycles. The van der Waals surface area contributed by atoms with Crippen LogP contribution in [0.25, 0.3) is 0 Å². The number of aryl methyl sites for hydroxylation is 2. The summed E-state index contributed by atoms with van der Waals surface area (Å²) in [6.07, 6.45) is 3.10. The van der Waals surface area contributed by atoms with Gasteiger partial charge in [-0.15, -0.1) is 0 Å². The second-order valence-electron chi connectivity index (χ2n) is 4.10. The summed E-state index contributed by atoms with van der Waals surface area (Å²) in [6, 6.07) is 6.27. The van der Waals surface area contributed by atoms with Crippen molar-refractivity contribution in [1.82, 2.24) is 9.97 Å². The number of hydrogen-bond donors (Lipinski definition) is 2. The Balaban J connectivity index is 2.22. The molecule has 19 heavy (non-hydrogen) atoms. The molecule has 2 rings (SSSR count). The van der Waals surface area contributed by atoms with Crippen LogP contribution in [0.4, 0.5) is 0 Å². The van der Waals surface area contributed by atoms with Gasteiger partial charge in [0.1, 0.15) is 10.7 Å². The standard InChI is InChI=1S/C13H14N4OS/c1-8-3-4-9(2)11(5-8)19-12-7-15-10(6-16-12)13(14)17-18/h3-7,18H,1-2H3,(H2,14,17). The number of oxime groups is 1. The van der Waals surface area contributed by atoms with Gasteiger partial charge in [-0.2, -0.15) is 0 Å². The molecule has 0 amide bonds. The van der Waals surface area contributed by atoms with E-state index in [0.717, 1.165) is 9.92 Å². The van der Waals surface area contributed by atoms with Gasteiger partial charge in [-0.3, -0.25) is 0 Å². The highest BCUT2D eigenvalue weighted by Gasteiger charge is 2.05. The molecule has 98 valence electrons. The van der Waals surface area contributed by atoms with Crippen LogP contribution in [0.3, 0.4) is 0 Å². The highest BCUT2D eigenvalue weighted by atomic mass is 32.2. The first-order valence-electron chi connectivity index (χ1n) is 5.65. The van der Waals surface area contributed by atoms with E-state index in [1.807, 2.05) is 0 Å². The zero-order valence-electron chi connectivity index (χ0n) is 10.7. The number of nitrogens with two attached hydrogens (primary N) is 1. The molecule has 0 saturated heterocycles. The molecule has 0 fully saturated rings. The van der Waals surface area contributed by atoms with Crippen molar-refractivity contribution in [2.75, 3.05) is 0 Å². The van der Waals surface area contributed by atoms with E-state index in [-0.39, 0.29) is 5.84 Å². The molecule has 0 bridgehead atoms. The molecule has 0 radical (unpaired) electrons. The lowest BCUT2D eigenvalue weighted by atomic mass is 10.2. The lowest BCUT2D eigenvalue weighted by molar-refractivity contribution is 0.318. The van der Waals surface area contributed by atoms with Crippen molar-refractivity contribution >= 4 is 17.6 Å². The predicted octanol–water partition coefficient (Wildman–Crippen LogP) is 2.34. The zero-order chi connectivity index (χ0) is 13.8. The third-order valence-electron chi connectivity index (χ3n) is 2.56. The summed E-state index contributed by atoms with van der Waals surface area (Å²) >= 11 is 1.54. The van der Waals surface area contributed by atoms with Crippen LogP contribution in [-0.4, -0.2) is 21.0 Å². The van der Waals surface area contributed by atoms with Crippen molar-refractivity contribution in [3.63, 3.8) is 0 Å². The monoisotopic (exact) mass is 274 g/mol. The summed E-state index contributed by atoms with van der Waals surface area (Å²) in [6.45, 7) is 4.11. The molecule has 0 aliphatic carbocycles. The molecule has 1 aromatic carbocycles. The Kier molecular flexibility index (Phi) is 4.01. The fourth-order valence-electron chi connectivity index (χ4n) is 1.48. The summed E-state index contributed by atoms with van der Waals surface area (Å²) < 4.78 is 0. The average molecular weight is 274 g/mol. The molecule has 0 aliphatic rings. The van der Waals surface area contributed by atoms with Crippen molar-refractivity contribution in [3.8, 4) is 0 Å². The van der Waals surface area contributed by atoms with E-state index in [1.165, 1.54) is 29.1 Å². The second kappa shape index (κ2) is 5.71. The van der Waals surface area contributed by atoms with Crippen molar-refractivity contribution in [1.29, 1.82) is 0 Å². The van der Waals surface area contributed by atoms with Crippen LogP contribution >= 0.6 is 11.8 Å². The Morgan fingerprint density at radius 1 is 1.26 bits per heavy atom. The number of amidine groups is 1. The fourth-order valence-corrected chi connectivity index (χ4v) is 2.39. The van der Waals surface area contributed by atoms with Gasteiger partial charge < -0.3 is 10.9 Å². The lowest BCUT2D eigenvalue weighted by Gasteiger charge is -2.06. The molecule has 6 heteroatoms. The van der Waals surface area contributed by atoms with E-state index >= 15 is 0 Å². The number of hydrogen-bond acceptors (Lipinski definition) is 5. The number of benzene rings is 1. The molecule has 5 nitrogen and oxygen atoms in total. The lowest BCUT2D eigenvalue weighted by Crippen LogP contribution is -2.15. The summed E-state index contributed by atoms with van der Waals surface area (Å²) in [5.74, 6) is -0.0456. The second-order valence-corrected chi connectivity index (χ2v) is 5.16. The normalized spacial score (nSPS) is 11.6. The number of nitrogens with zero attached hydrogens (tertiary/aromatic N) is 3. The minimum Gasteiger partial charge on any atom is -0.409 e. The maximum atomic E-state index is 8.55. The Hall–Kier alpha value is -2.08. The molecule has 0 spiro atoms. The quantitative estimate of drug-likeness (QED) is 0.388. The first-order valence-corrected chi connectivity index (χ1v) is 6.47. The van der Waals surface area contributed by atoms with E-state index in [4.69, 9.17) is 10.9 Å². The van der Waals surface area contributed by atoms with Crippen LogP contribution in [0.15, 0.2) is 45.7 Å². The van der Waals surface area contributed by atoms with Gasteiger partial charge in [-0.25, -0.2) is 9.97 Å². The van der Waals surface area contributed by atoms with Crippen LogP contribution in [0.5, 0.6) is 0 Å². The molecule has 0 unspecified atom stereocenters. The summed E-state index contributed by atoms with van der Waals surface area (Å²) in [4.78, 5) is 9.49. The first-order chi connectivity index (χ1) is 9.10. The van der Waals surface area contributed by atoms with Gasteiger partial charge in [0.25, 0.3) is 0 Å². The van der Waals surface area contributed by atoms with Crippen LogP contribution in [0.2, 0.25) is 0 Å². The predicted molar refractivity (Wildman–Crippen MR) is 74.6 cm³/mol. The highest BCUT2D eigenvalue weighted by Crippen LogP contribution is 2.29. The van der Waals surface area contributed by atoms with E-state index < -0.39 is 0 Å². The maximum Gasteiger partial charge on any atom is 0.190 e. The Bertz CT molecular complexity index is 611. The van der Waals surface area contributed by atoms with Crippen molar-refractivity contribution < 1.29 is 5.21 Å². The van der Waals surface area contributed by atoms with Gasteiger partial charge in [0.2, 0.25) is 0 Å². The Labute approximate surface area is 115 Å². The minimum absolute atomic E-state index is 0.0456. The van der Waals surface area contributed by atoms with Gasteiger partial charge in [-0.05, 0) is 31.0 Å². The molecular formula is C13H14N4OS. The highest BCUT2D eigenvalue weighted by molar-refractivity contribution is 7.99. The number of rotatable bonds is 3. The van der Waals surface area contributed by atoms with E-state index in [9.17, 15) is 0 Å². The number of aromatic nitrogens is 2. The summed E-state index contributed by atoms with van der Waals surface area (Å²) in [7, 11) is 0. The molecule has 2 aromatic rings.